The summed E-state index contributed by atoms with van der Waals surface area (Å²) in [6.45, 7) is 7.67. The summed E-state index contributed by atoms with van der Waals surface area (Å²) in [7, 11) is 2.10. The monoisotopic (exact) mass is 499 g/mol. The third kappa shape index (κ3) is 5.83. The molecule has 1 amide bonds. The molecule has 2 N–H and O–H groups in total. The molecule has 4 heterocycles. The van der Waals surface area contributed by atoms with E-state index in [0.29, 0.717) is 28.3 Å². The standard InChI is InChI=1S/C28H30FN7O/c1-18(2)33-24-11-21(10-23(29)15-24)25-12-20-13-26(32-17-22(20)16-31-25)34-28(37)19-4-5-30-27(14-19)36-8-6-35(3)7-9-36/h4-5,10-18,33H,6-9H2,1-3H3,(H,32,34,37). The highest BCUT2D eigenvalue weighted by atomic mass is 19.1. The predicted octanol–water partition coefficient (Wildman–Crippen LogP) is 4.66. The number of carbonyl (C=O) groups excluding carboxylic acids is 1. The lowest BCUT2D eigenvalue weighted by molar-refractivity contribution is 0.102. The van der Waals surface area contributed by atoms with Crippen molar-refractivity contribution in [2.75, 3.05) is 48.8 Å². The molecule has 1 aromatic carbocycles. The Labute approximate surface area is 215 Å². The molecule has 0 spiro atoms. The molecule has 0 saturated carbocycles. The van der Waals surface area contributed by atoms with E-state index in [1.165, 1.54) is 12.1 Å². The summed E-state index contributed by atoms with van der Waals surface area (Å²) in [5, 5.41) is 7.78. The van der Waals surface area contributed by atoms with Crippen LogP contribution < -0.4 is 15.5 Å². The van der Waals surface area contributed by atoms with Crippen LogP contribution in [0.1, 0.15) is 24.2 Å². The number of rotatable bonds is 6. The normalized spacial score (nSPS) is 14.2. The summed E-state index contributed by atoms with van der Waals surface area (Å²) >= 11 is 0. The van der Waals surface area contributed by atoms with Crippen LogP contribution >= 0.6 is 0 Å². The Morgan fingerprint density at radius 2 is 1.73 bits per heavy atom. The third-order valence-corrected chi connectivity index (χ3v) is 6.33. The number of carbonyl (C=O) groups is 1. The first-order valence-corrected chi connectivity index (χ1v) is 12.4. The van der Waals surface area contributed by atoms with Crippen LogP contribution in [0.3, 0.4) is 0 Å². The maximum absolute atomic E-state index is 14.3. The zero-order chi connectivity index (χ0) is 25.9. The quantitative estimate of drug-likeness (QED) is 0.399. The van der Waals surface area contributed by atoms with Gasteiger partial charge in [0.25, 0.3) is 5.91 Å². The van der Waals surface area contributed by atoms with Gasteiger partial charge in [0, 0.05) is 73.0 Å². The fraction of sp³-hybridized carbons (Fsp3) is 0.286. The molecule has 0 atom stereocenters. The van der Waals surface area contributed by atoms with E-state index in [1.54, 1.807) is 30.7 Å². The summed E-state index contributed by atoms with van der Waals surface area (Å²) in [4.78, 5) is 30.8. The summed E-state index contributed by atoms with van der Waals surface area (Å²) in [6, 6.07) is 12.2. The van der Waals surface area contributed by atoms with Crippen molar-refractivity contribution in [3.8, 4) is 11.3 Å². The number of piperazine rings is 1. The van der Waals surface area contributed by atoms with E-state index in [9.17, 15) is 9.18 Å². The summed E-state index contributed by atoms with van der Waals surface area (Å²) in [5.74, 6) is 0.630. The SMILES string of the molecule is CC(C)Nc1cc(F)cc(-c2cc3cc(NC(=O)c4ccnc(N5CCN(C)CC5)c4)ncc3cn2)c1. The minimum absolute atomic E-state index is 0.175. The lowest BCUT2D eigenvalue weighted by atomic mass is 10.1. The molecule has 4 aromatic rings. The molecule has 0 radical (unpaired) electrons. The Bertz CT molecular complexity index is 1430. The van der Waals surface area contributed by atoms with Crippen LogP contribution in [-0.4, -0.2) is 65.0 Å². The van der Waals surface area contributed by atoms with Crippen molar-refractivity contribution in [2.24, 2.45) is 0 Å². The number of likely N-dealkylation sites (N-methyl/N-ethyl adjacent to an activating group) is 1. The molecule has 5 rings (SSSR count). The number of hydrogen-bond acceptors (Lipinski definition) is 7. The Morgan fingerprint density at radius 1 is 0.946 bits per heavy atom. The molecule has 8 nitrogen and oxygen atoms in total. The van der Waals surface area contributed by atoms with E-state index in [1.807, 2.05) is 32.0 Å². The third-order valence-electron chi connectivity index (χ3n) is 6.33. The number of benzene rings is 1. The minimum Gasteiger partial charge on any atom is -0.383 e. The second-order valence-electron chi connectivity index (χ2n) is 9.66. The smallest absolute Gasteiger partial charge is 0.257 e. The number of pyridine rings is 3. The van der Waals surface area contributed by atoms with Crippen molar-refractivity contribution < 1.29 is 9.18 Å². The van der Waals surface area contributed by atoms with Gasteiger partial charge in [0.1, 0.15) is 17.5 Å². The average molecular weight is 500 g/mol. The largest absolute Gasteiger partial charge is 0.383 e. The maximum atomic E-state index is 14.3. The predicted molar refractivity (Wildman–Crippen MR) is 146 cm³/mol. The first-order chi connectivity index (χ1) is 17.8. The molecular formula is C28H30FN7O. The van der Waals surface area contributed by atoms with Crippen LogP contribution in [0.15, 0.2) is 61.1 Å². The lowest BCUT2D eigenvalue weighted by Crippen LogP contribution is -2.44. The molecule has 37 heavy (non-hydrogen) atoms. The number of hydrogen-bond donors (Lipinski definition) is 2. The fourth-order valence-electron chi connectivity index (χ4n) is 4.38. The van der Waals surface area contributed by atoms with Crippen molar-refractivity contribution in [1.82, 2.24) is 19.9 Å². The number of anilines is 3. The van der Waals surface area contributed by atoms with E-state index in [2.05, 4.69) is 42.4 Å². The molecule has 0 aliphatic carbocycles. The van der Waals surface area contributed by atoms with Crippen LogP contribution in [-0.2, 0) is 0 Å². The zero-order valence-electron chi connectivity index (χ0n) is 21.2. The molecule has 3 aromatic heterocycles. The van der Waals surface area contributed by atoms with E-state index < -0.39 is 0 Å². The van der Waals surface area contributed by atoms with Crippen LogP contribution in [0.5, 0.6) is 0 Å². The van der Waals surface area contributed by atoms with Gasteiger partial charge in [-0.3, -0.25) is 9.78 Å². The summed E-state index contributed by atoms with van der Waals surface area (Å²) < 4.78 is 14.3. The first-order valence-electron chi connectivity index (χ1n) is 12.4. The zero-order valence-corrected chi connectivity index (χ0v) is 21.2. The minimum atomic E-state index is -0.335. The molecule has 1 aliphatic rings. The molecule has 1 aliphatic heterocycles. The average Bonchev–Trinajstić information content (AvgIpc) is 2.88. The van der Waals surface area contributed by atoms with Gasteiger partial charge in [-0.2, -0.15) is 0 Å². The number of nitrogens with zero attached hydrogens (tertiary/aromatic N) is 5. The highest BCUT2D eigenvalue weighted by Gasteiger charge is 2.17. The number of amides is 1. The molecule has 9 heteroatoms. The van der Waals surface area contributed by atoms with Gasteiger partial charge in [0.15, 0.2) is 0 Å². The number of fused-ring (bicyclic) bond motifs is 1. The Kier molecular flexibility index (Phi) is 6.96. The van der Waals surface area contributed by atoms with Crippen LogP contribution in [0.25, 0.3) is 22.0 Å². The summed E-state index contributed by atoms with van der Waals surface area (Å²) in [6.07, 6.45) is 5.03. The van der Waals surface area contributed by atoms with Gasteiger partial charge in [0.2, 0.25) is 0 Å². The van der Waals surface area contributed by atoms with E-state index in [-0.39, 0.29) is 17.8 Å². The van der Waals surface area contributed by atoms with Crippen LogP contribution in [0, 0.1) is 5.82 Å². The Morgan fingerprint density at radius 3 is 2.51 bits per heavy atom. The van der Waals surface area contributed by atoms with E-state index in [0.717, 1.165) is 42.8 Å². The maximum Gasteiger partial charge on any atom is 0.257 e. The fourth-order valence-corrected chi connectivity index (χ4v) is 4.38. The van der Waals surface area contributed by atoms with Gasteiger partial charge in [-0.15, -0.1) is 0 Å². The molecule has 1 saturated heterocycles. The summed E-state index contributed by atoms with van der Waals surface area (Å²) in [5.41, 5.74) is 2.52. The second kappa shape index (κ2) is 10.5. The second-order valence-corrected chi connectivity index (χ2v) is 9.66. The van der Waals surface area contributed by atoms with Crippen molar-refractivity contribution >= 4 is 34.0 Å². The molecule has 190 valence electrons. The van der Waals surface area contributed by atoms with Gasteiger partial charge in [0.05, 0.1) is 5.69 Å². The van der Waals surface area contributed by atoms with Gasteiger partial charge < -0.3 is 20.4 Å². The van der Waals surface area contributed by atoms with Crippen LogP contribution in [0.4, 0.5) is 21.7 Å². The Balaban J connectivity index is 1.36. The van der Waals surface area contributed by atoms with Crippen LogP contribution in [0.2, 0.25) is 0 Å². The van der Waals surface area contributed by atoms with Crippen molar-refractivity contribution in [3.63, 3.8) is 0 Å². The molecule has 1 fully saturated rings. The van der Waals surface area contributed by atoms with Crippen molar-refractivity contribution in [3.05, 3.63) is 72.4 Å². The van der Waals surface area contributed by atoms with Gasteiger partial charge in [-0.1, -0.05) is 0 Å². The lowest BCUT2D eigenvalue weighted by Gasteiger charge is -2.33. The number of aromatic nitrogens is 3. The van der Waals surface area contributed by atoms with Crippen molar-refractivity contribution in [2.45, 2.75) is 19.9 Å². The highest BCUT2D eigenvalue weighted by Crippen LogP contribution is 2.27. The first kappa shape index (κ1) is 24.6. The van der Waals surface area contributed by atoms with Gasteiger partial charge in [-0.05, 0) is 68.7 Å². The van der Waals surface area contributed by atoms with Crippen molar-refractivity contribution in [1.29, 1.82) is 0 Å². The highest BCUT2D eigenvalue weighted by molar-refractivity contribution is 6.05. The number of nitrogens with one attached hydrogen (secondary N) is 2. The van der Waals surface area contributed by atoms with E-state index in [4.69, 9.17) is 0 Å². The van der Waals surface area contributed by atoms with E-state index >= 15 is 0 Å². The number of halogens is 1. The van der Waals surface area contributed by atoms with Gasteiger partial charge >= 0.3 is 0 Å². The topological polar surface area (TPSA) is 86.3 Å². The molecule has 0 unspecified atom stereocenters. The van der Waals surface area contributed by atoms with Gasteiger partial charge in [-0.25, -0.2) is 14.4 Å². The molecular weight excluding hydrogens is 469 g/mol. The Hall–Kier alpha value is -4.11. The molecule has 0 bridgehead atoms.